The van der Waals surface area contributed by atoms with Crippen molar-refractivity contribution in [2.45, 2.75) is 25.7 Å². The highest BCUT2D eigenvalue weighted by Gasteiger charge is 2.30. The molecule has 1 amide bonds. The van der Waals surface area contributed by atoms with Crippen LogP contribution in [0.5, 0.6) is 5.75 Å². The lowest BCUT2D eigenvalue weighted by atomic mass is 9.89. The third kappa shape index (κ3) is 4.39. The second-order valence-electron chi connectivity index (χ2n) is 6.47. The summed E-state index contributed by atoms with van der Waals surface area (Å²) in [6.07, 6.45) is 4.25. The zero-order valence-corrected chi connectivity index (χ0v) is 14.6. The molecule has 0 aromatic heterocycles. The summed E-state index contributed by atoms with van der Waals surface area (Å²) >= 11 is 0. The summed E-state index contributed by atoms with van der Waals surface area (Å²) in [6.45, 7) is 3.67. The Hall–Kier alpha value is -1.26. The van der Waals surface area contributed by atoms with Crippen molar-refractivity contribution < 1.29 is 9.53 Å². The first-order valence-corrected chi connectivity index (χ1v) is 8.39. The van der Waals surface area contributed by atoms with E-state index in [-0.39, 0.29) is 18.3 Å². The van der Waals surface area contributed by atoms with Crippen LogP contribution in [-0.2, 0) is 11.2 Å². The van der Waals surface area contributed by atoms with Crippen LogP contribution in [0.25, 0.3) is 0 Å². The van der Waals surface area contributed by atoms with Crippen molar-refractivity contribution in [3.8, 4) is 5.75 Å². The van der Waals surface area contributed by atoms with E-state index in [9.17, 15) is 4.79 Å². The van der Waals surface area contributed by atoms with Crippen LogP contribution in [0.15, 0.2) is 24.3 Å². The Morgan fingerprint density at radius 3 is 2.65 bits per heavy atom. The number of ether oxygens (including phenoxy) is 1. The molecule has 1 N–H and O–H groups in total. The van der Waals surface area contributed by atoms with Gasteiger partial charge in [0, 0.05) is 19.6 Å². The molecule has 2 aliphatic heterocycles. The van der Waals surface area contributed by atoms with Crippen LogP contribution >= 0.6 is 12.4 Å². The maximum absolute atomic E-state index is 12.4. The number of methoxy groups -OCH3 is 1. The van der Waals surface area contributed by atoms with E-state index in [1.165, 1.54) is 5.56 Å². The van der Waals surface area contributed by atoms with Gasteiger partial charge in [0.05, 0.1) is 13.0 Å². The molecular formula is C18H27ClN2O2. The van der Waals surface area contributed by atoms with E-state index in [0.29, 0.717) is 11.8 Å². The number of nitrogens with zero attached hydrogens (tertiary/aromatic N) is 1. The van der Waals surface area contributed by atoms with Gasteiger partial charge in [0.1, 0.15) is 5.75 Å². The fourth-order valence-electron chi connectivity index (χ4n) is 3.66. The number of amides is 1. The maximum atomic E-state index is 12.4. The Labute approximate surface area is 145 Å². The lowest BCUT2D eigenvalue weighted by molar-refractivity contribution is -0.136. The average molecular weight is 339 g/mol. The first-order chi connectivity index (χ1) is 10.8. The number of nitrogens with one attached hydrogen (secondary N) is 1. The smallest absolute Gasteiger partial charge is 0.227 e. The molecule has 3 rings (SSSR count). The van der Waals surface area contributed by atoms with Gasteiger partial charge in [-0.1, -0.05) is 18.2 Å². The normalized spacial score (nSPS) is 21.8. The van der Waals surface area contributed by atoms with Crippen molar-refractivity contribution >= 4 is 18.3 Å². The van der Waals surface area contributed by atoms with Gasteiger partial charge < -0.3 is 15.0 Å². The van der Waals surface area contributed by atoms with Gasteiger partial charge in [0.2, 0.25) is 5.91 Å². The predicted octanol–water partition coefficient (Wildman–Crippen LogP) is 2.51. The number of hydrogen-bond acceptors (Lipinski definition) is 3. The minimum absolute atomic E-state index is 0. The van der Waals surface area contributed by atoms with Crippen LogP contribution in [0, 0.1) is 11.8 Å². The zero-order valence-electron chi connectivity index (χ0n) is 13.8. The number of likely N-dealkylation sites (tertiary alicyclic amines) is 1. The van der Waals surface area contributed by atoms with Crippen molar-refractivity contribution in [3.63, 3.8) is 0 Å². The van der Waals surface area contributed by atoms with E-state index in [2.05, 4.69) is 22.3 Å². The van der Waals surface area contributed by atoms with Crippen molar-refractivity contribution in [1.82, 2.24) is 10.2 Å². The molecule has 2 aliphatic rings. The molecule has 4 nitrogen and oxygen atoms in total. The molecule has 0 aliphatic carbocycles. The summed E-state index contributed by atoms with van der Waals surface area (Å²) in [6, 6.07) is 8.27. The summed E-state index contributed by atoms with van der Waals surface area (Å²) in [5.74, 6) is 2.21. The molecule has 5 heteroatoms. The lowest BCUT2D eigenvalue weighted by Crippen LogP contribution is -2.42. The summed E-state index contributed by atoms with van der Waals surface area (Å²) in [5.41, 5.74) is 1.29. The van der Waals surface area contributed by atoms with Gasteiger partial charge >= 0.3 is 0 Å². The molecule has 23 heavy (non-hydrogen) atoms. The second kappa shape index (κ2) is 8.55. The predicted molar refractivity (Wildman–Crippen MR) is 94.2 cm³/mol. The Morgan fingerprint density at radius 2 is 2.00 bits per heavy atom. The number of halogens is 1. The summed E-state index contributed by atoms with van der Waals surface area (Å²) in [4.78, 5) is 14.5. The summed E-state index contributed by atoms with van der Waals surface area (Å²) in [7, 11) is 1.73. The lowest BCUT2D eigenvalue weighted by Gasteiger charge is -2.33. The Kier molecular flexibility index (Phi) is 6.72. The number of piperidine rings is 1. The van der Waals surface area contributed by atoms with Gasteiger partial charge in [-0.25, -0.2) is 0 Å². The number of carbonyl (C=O) groups is 1. The Bertz CT molecular complexity index is 509. The molecule has 1 aromatic carbocycles. The van der Waals surface area contributed by atoms with Crippen molar-refractivity contribution in [3.05, 3.63) is 29.8 Å². The molecule has 2 heterocycles. The van der Waals surface area contributed by atoms with Crippen LogP contribution < -0.4 is 10.1 Å². The molecule has 1 unspecified atom stereocenters. The maximum Gasteiger partial charge on any atom is 0.227 e. The van der Waals surface area contributed by atoms with Gasteiger partial charge in [-0.05, 0) is 49.8 Å². The van der Waals surface area contributed by atoms with Crippen LogP contribution in [0.2, 0.25) is 0 Å². The summed E-state index contributed by atoms with van der Waals surface area (Å²) in [5, 5.41) is 3.29. The van der Waals surface area contributed by atoms with Gasteiger partial charge in [0.25, 0.3) is 0 Å². The van der Waals surface area contributed by atoms with E-state index < -0.39 is 0 Å². The first kappa shape index (κ1) is 18.1. The molecule has 1 atom stereocenters. The molecule has 0 saturated carbocycles. The largest absolute Gasteiger partial charge is 0.496 e. The minimum Gasteiger partial charge on any atom is -0.496 e. The topological polar surface area (TPSA) is 41.6 Å². The van der Waals surface area contributed by atoms with Crippen LogP contribution in [-0.4, -0.2) is 44.1 Å². The molecular weight excluding hydrogens is 312 g/mol. The van der Waals surface area contributed by atoms with Crippen LogP contribution in [0.1, 0.15) is 24.8 Å². The second-order valence-corrected chi connectivity index (χ2v) is 6.47. The van der Waals surface area contributed by atoms with E-state index in [0.717, 1.165) is 57.6 Å². The quantitative estimate of drug-likeness (QED) is 0.917. The standard InChI is InChI=1S/C18H26N2O2.ClH/c1-22-17-5-3-2-4-15(17)12-14-7-10-20(11-8-14)18(21)16-6-9-19-13-16;/h2-5,14,16,19H,6-13H2,1H3;1H. The number of benzene rings is 1. The van der Waals surface area contributed by atoms with Crippen molar-refractivity contribution in [2.24, 2.45) is 11.8 Å². The number of rotatable bonds is 4. The van der Waals surface area contributed by atoms with Crippen molar-refractivity contribution in [2.75, 3.05) is 33.3 Å². The number of hydrogen-bond donors (Lipinski definition) is 1. The molecule has 1 aromatic rings. The van der Waals surface area contributed by atoms with Gasteiger partial charge in [-0.3, -0.25) is 4.79 Å². The molecule has 128 valence electrons. The highest BCUT2D eigenvalue weighted by Crippen LogP contribution is 2.27. The third-order valence-electron chi connectivity index (χ3n) is 5.04. The average Bonchev–Trinajstić information content (AvgIpc) is 3.10. The van der Waals surface area contributed by atoms with Gasteiger partial charge in [0.15, 0.2) is 0 Å². The SMILES string of the molecule is COc1ccccc1CC1CCN(C(=O)C2CCNC2)CC1.Cl. The number of para-hydroxylation sites is 1. The van der Waals surface area contributed by atoms with E-state index in [1.807, 2.05) is 12.1 Å². The monoisotopic (exact) mass is 338 g/mol. The molecule has 0 radical (unpaired) electrons. The Morgan fingerprint density at radius 1 is 1.26 bits per heavy atom. The highest BCUT2D eigenvalue weighted by atomic mass is 35.5. The van der Waals surface area contributed by atoms with E-state index in [4.69, 9.17) is 4.74 Å². The molecule has 0 spiro atoms. The third-order valence-corrected chi connectivity index (χ3v) is 5.04. The fraction of sp³-hybridized carbons (Fsp3) is 0.611. The fourth-order valence-corrected chi connectivity index (χ4v) is 3.66. The van der Waals surface area contributed by atoms with Gasteiger partial charge in [-0.2, -0.15) is 0 Å². The first-order valence-electron chi connectivity index (χ1n) is 8.39. The summed E-state index contributed by atoms with van der Waals surface area (Å²) < 4.78 is 5.44. The van der Waals surface area contributed by atoms with E-state index >= 15 is 0 Å². The van der Waals surface area contributed by atoms with E-state index in [1.54, 1.807) is 7.11 Å². The van der Waals surface area contributed by atoms with Crippen LogP contribution in [0.3, 0.4) is 0 Å². The molecule has 2 saturated heterocycles. The molecule has 2 fully saturated rings. The Balaban J connectivity index is 0.00000192. The molecule has 0 bridgehead atoms. The van der Waals surface area contributed by atoms with Crippen molar-refractivity contribution in [1.29, 1.82) is 0 Å². The van der Waals surface area contributed by atoms with Gasteiger partial charge in [-0.15, -0.1) is 12.4 Å². The minimum atomic E-state index is 0. The highest BCUT2D eigenvalue weighted by molar-refractivity contribution is 5.85. The van der Waals surface area contributed by atoms with Crippen LogP contribution in [0.4, 0.5) is 0 Å². The number of carbonyl (C=O) groups excluding carboxylic acids is 1. The zero-order chi connectivity index (χ0) is 15.4.